The number of rotatable bonds is 6. The molecule has 1 aliphatic heterocycles. The van der Waals surface area contributed by atoms with Crippen LogP contribution in [0.4, 0.5) is 10.3 Å². The number of hydrogen-bond acceptors (Lipinski definition) is 4. The van der Waals surface area contributed by atoms with Gasteiger partial charge in [0, 0.05) is 37.2 Å². The van der Waals surface area contributed by atoms with Gasteiger partial charge in [0.25, 0.3) is 5.91 Å². The van der Waals surface area contributed by atoms with Crippen LogP contribution in [0.3, 0.4) is 0 Å². The van der Waals surface area contributed by atoms with E-state index in [1.807, 2.05) is 12.1 Å². The van der Waals surface area contributed by atoms with Crippen LogP contribution in [-0.4, -0.2) is 35.0 Å². The van der Waals surface area contributed by atoms with Crippen molar-refractivity contribution in [3.63, 3.8) is 0 Å². The number of nitrogens with one attached hydrogen (secondary N) is 1. The number of nitrogens with zero attached hydrogens (tertiary/aromatic N) is 3. The van der Waals surface area contributed by atoms with Crippen LogP contribution in [0.25, 0.3) is 0 Å². The van der Waals surface area contributed by atoms with E-state index >= 15 is 0 Å². The van der Waals surface area contributed by atoms with Gasteiger partial charge in [-0.1, -0.05) is 51.2 Å². The van der Waals surface area contributed by atoms with E-state index in [0.29, 0.717) is 12.0 Å². The van der Waals surface area contributed by atoms with E-state index in [0.717, 1.165) is 87.6 Å². The first-order valence-electron chi connectivity index (χ1n) is 13.7. The fourth-order valence-corrected chi connectivity index (χ4v) is 6.35. The summed E-state index contributed by atoms with van der Waals surface area (Å²) in [6.07, 6.45) is 14.8. The van der Waals surface area contributed by atoms with Gasteiger partial charge in [0.15, 0.2) is 0 Å². The molecule has 6 heteroatoms. The molecule has 5 nitrogen and oxygen atoms in total. The van der Waals surface area contributed by atoms with Crippen molar-refractivity contribution in [2.75, 3.05) is 18.0 Å². The van der Waals surface area contributed by atoms with Crippen molar-refractivity contribution in [1.29, 1.82) is 0 Å². The molecule has 0 atom stereocenters. The van der Waals surface area contributed by atoms with E-state index < -0.39 is 0 Å². The number of carbonyl (C=O) groups is 1. The first-order valence-corrected chi connectivity index (χ1v) is 13.7. The molecule has 2 aliphatic carbocycles. The van der Waals surface area contributed by atoms with E-state index in [-0.39, 0.29) is 23.2 Å². The lowest BCUT2D eigenvalue weighted by Crippen LogP contribution is -2.38. The Labute approximate surface area is 208 Å². The van der Waals surface area contributed by atoms with Gasteiger partial charge < -0.3 is 10.2 Å². The molecule has 3 fully saturated rings. The summed E-state index contributed by atoms with van der Waals surface area (Å²) >= 11 is 0. The summed E-state index contributed by atoms with van der Waals surface area (Å²) in [6, 6.07) is 7.22. The number of piperidine rings is 1. The maximum absolute atomic E-state index is 13.7. The average Bonchev–Trinajstić information content (AvgIpc) is 3.35. The van der Waals surface area contributed by atoms with Gasteiger partial charge in [-0.2, -0.15) is 0 Å². The molecular formula is C29H39FN4O. The summed E-state index contributed by atoms with van der Waals surface area (Å²) in [6.45, 7) is 4.21. The lowest BCUT2D eigenvalue weighted by Gasteiger charge is -2.33. The second kappa shape index (κ2) is 10.6. The maximum atomic E-state index is 13.7. The molecular weight excluding hydrogens is 439 g/mol. The summed E-state index contributed by atoms with van der Waals surface area (Å²) in [5.74, 6) is 1.22. The van der Waals surface area contributed by atoms with E-state index in [1.54, 1.807) is 18.3 Å². The molecule has 5 rings (SSSR count). The van der Waals surface area contributed by atoms with Crippen LogP contribution in [0.2, 0.25) is 0 Å². The summed E-state index contributed by atoms with van der Waals surface area (Å²) in [7, 11) is 0. The number of benzene rings is 1. The monoisotopic (exact) mass is 478 g/mol. The van der Waals surface area contributed by atoms with Crippen molar-refractivity contribution in [2.24, 2.45) is 5.92 Å². The molecule has 2 aromatic rings. The Morgan fingerprint density at radius 2 is 1.71 bits per heavy atom. The highest BCUT2D eigenvalue weighted by molar-refractivity contribution is 5.95. The van der Waals surface area contributed by atoms with Gasteiger partial charge in [-0.25, -0.2) is 14.4 Å². The van der Waals surface area contributed by atoms with Gasteiger partial charge >= 0.3 is 0 Å². The van der Waals surface area contributed by atoms with Gasteiger partial charge in [-0.05, 0) is 62.1 Å². The second-order valence-electron chi connectivity index (χ2n) is 11.2. The molecule has 1 N–H and O–H groups in total. The molecule has 188 valence electrons. The van der Waals surface area contributed by atoms with Crippen LogP contribution in [0.1, 0.15) is 99.2 Å². The van der Waals surface area contributed by atoms with E-state index in [1.165, 1.54) is 19.3 Å². The molecule has 1 aromatic carbocycles. The van der Waals surface area contributed by atoms with Gasteiger partial charge in [0.05, 0.1) is 11.3 Å². The van der Waals surface area contributed by atoms with Crippen molar-refractivity contribution in [3.05, 3.63) is 53.1 Å². The molecule has 35 heavy (non-hydrogen) atoms. The Hall–Kier alpha value is -2.50. The largest absolute Gasteiger partial charge is 0.349 e. The molecule has 0 unspecified atom stereocenters. The lowest BCUT2D eigenvalue weighted by atomic mass is 9.74. The normalized spacial score (nSPS) is 21.3. The zero-order valence-electron chi connectivity index (χ0n) is 21.1. The van der Waals surface area contributed by atoms with Gasteiger partial charge in [0.2, 0.25) is 5.95 Å². The second-order valence-corrected chi connectivity index (χ2v) is 11.2. The Morgan fingerprint density at radius 3 is 2.40 bits per heavy atom. The highest BCUT2D eigenvalue weighted by Gasteiger charge is 2.38. The van der Waals surface area contributed by atoms with Crippen LogP contribution in [0.5, 0.6) is 0 Å². The molecule has 1 amide bonds. The highest BCUT2D eigenvalue weighted by Crippen LogP contribution is 2.44. The van der Waals surface area contributed by atoms with Crippen molar-refractivity contribution < 1.29 is 9.18 Å². The van der Waals surface area contributed by atoms with Crippen LogP contribution in [0, 0.1) is 11.7 Å². The molecule has 0 bridgehead atoms. The Kier molecular flexibility index (Phi) is 7.35. The Balaban J connectivity index is 1.47. The molecule has 2 heterocycles. The SMILES string of the molecule is CC1CCN(c2ncc(C(=O)NC3CCCCC3)c(CC3(c4ccc(F)cc4)CCCC3)n2)CC1. The van der Waals surface area contributed by atoms with Crippen LogP contribution in [0.15, 0.2) is 30.5 Å². The predicted octanol–water partition coefficient (Wildman–Crippen LogP) is 5.97. The number of halogens is 1. The van der Waals surface area contributed by atoms with Crippen molar-refractivity contribution in [1.82, 2.24) is 15.3 Å². The summed E-state index contributed by atoms with van der Waals surface area (Å²) in [5.41, 5.74) is 2.49. The fourth-order valence-electron chi connectivity index (χ4n) is 6.35. The minimum absolute atomic E-state index is 0.0435. The standard InChI is InChI=1S/C29H39FN4O/c1-21-13-17-34(18-14-21)28-31-20-25(27(35)32-24-7-3-2-4-8-24)26(33-28)19-29(15-5-6-16-29)22-9-11-23(30)12-10-22/h9-12,20-21,24H,2-8,13-19H2,1H3,(H,32,35). The van der Waals surface area contributed by atoms with E-state index in [2.05, 4.69) is 22.1 Å². The van der Waals surface area contributed by atoms with Gasteiger partial charge in [-0.15, -0.1) is 0 Å². The van der Waals surface area contributed by atoms with E-state index in [9.17, 15) is 9.18 Å². The van der Waals surface area contributed by atoms with E-state index in [4.69, 9.17) is 4.98 Å². The Morgan fingerprint density at radius 1 is 1.03 bits per heavy atom. The summed E-state index contributed by atoms with van der Waals surface area (Å²) in [4.78, 5) is 25.5. The van der Waals surface area contributed by atoms with Crippen LogP contribution < -0.4 is 10.2 Å². The third-order valence-corrected chi connectivity index (χ3v) is 8.63. The molecule has 1 aromatic heterocycles. The lowest BCUT2D eigenvalue weighted by molar-refractivity contribution is 0.0925. The zero-order valence-corrected chi connectivity index (χ0v) is 21.1. The topological polar surface area (TPSA) is 58.1 Å². The molecule has 3 aliphatic rings. The maximum Gasteiger partial charge on any atom is 0.254 e. The first kappa shape index (κ1) is 24.2. The minimum Gasteiger partial charge on any atom is -0.349 e. The van der Waals surface area contributed by atoms with Crippen molar-refractivity contribution >= 4 is 11.9 Å². The highest BCUT2D eigenvalue weighted by atomic mass is 19.1. The third kappa shape index (κ3) is 5.52. The minimum atomic E-state index is -0.210. The number of carbonyl (C=O) groups excluding carboxylic acids is 1. The zero-order chi connectivity index (χ0) is 24.3. The number of aromatic nitrogens is 2. The third-order valence-electron chi connectivity index (χ3n) is 8.63. The van der Waals surface area contributed by atoms with Crippen molar-refractivity contribution in [3.8, 4) is 0 Å². The summed E-state index contributed by atoms with van der Waals surface area (Å²) in [5, 5.41) is 3.28. The Bertz CT molecular complexity index is 1000. The molecule has 1 saturated heterocycles. The number of amides is 1. The smallest absolute Gasteiger partial charge is 0.254 e. The van der Waals surface area contributed by atoms with Gasteiger partial charge in [0.1, 0.15) is 5.82 Å². The van der Waals surface area contributed by atoms with Gasteiger partial charge in [-0.3, -0.25) is 4.79 Å². The molecule has 0 spiro atoms. The quantitative estimate of drug-likeness (QED) is 0.556. The first-order chi connectivity index (χ1) is 17.0. The van der Waals surface area contributed by atoms with Crippen molar-refractivity contribution in [2.45, 2.75) is 95.4 Å². The molecule has 0 radical (unpaired) electrons. The van der Waals surface area contributed by atoms with Crippen LogP contribution >= 0.6 is 0 Å². The summed E-state index contributed by atoms with van der Waals surface area (Å²) < 4.78 is 13.7. The number of hydrogen-bond donors (Lipinski definition) is 1. The fraction of sp³-hybridized carbons (Fsp3) is 0.621. The molecule has 2 saturated carbocycles. The van der Waals surface area contributed by atoms with Crippen LogP contribution in [-0.2, 0) is 11.8 Å². The predicted molar refractivity (Wildman–Crippen MR) is 137 cm³/mol. The number of anilines is 1. The average molecular weight is 479 g/mol.